The summed E-state index contributed by atoms with van der Waals surface area (Å²) < 4.78 is 0. The van der Waals surface area contributed by atoms with E-state index in [9.17, 15) is 0 Å². The van der Waals surface area contributed by atoms with Gasteiger partial charge in [0.1, 0.15) is 0 Å². The van der Waals surface area contributed by atoms with Crippen LogP contribution >= 0.6 is 0 Å². The van der Waals surface area contributed by atoms with Crippen LogP contribution in [0.25, 0.3) is 71.4 Å². The zero-order valence-corrected chi connectivity index (χ0v) is 26.9. The van der Waals surface area contributed by atoms with Crippen LogP contribution in [0.2, 0.25) is 0 Å². The van der Waals surface area contributed by atoms with Crippen LogP contribution in [0.4, 0.5) is 0 Å². The van der Waals surface area contributed by atoms with E-state index in [1.807, 2.05) is 0 Å². The van der Waals surface area contributed by atoms with Gasteiger partial charge in [-0.2, -0.15) is 0 Å². The number of aryl methyl sites for hydroxylation is 3. The molecule has 7 aromatic rings. The topological polar surface area (TPSA) is 12.0 Å². The molecule has 0 fully saturated rings. The second-order valence-electron chi connectivity index (χ2n) is 12.8. The van der Waals surface area contributed by atoms with Crippen LogP contribution in [0.3, 0.4) is 0 Å². The molecule has 0 spiro atoms. The van der Waals surface area contributed by atoms with E-state index < -0.39 is 0 Å². The summed E-state index contributed by atoms with van der Waals surface area (Å²) in [5.74, 6) is 0. The van der Waals surface area contributed by atoms with E-state index in [4.69, 9.17) is 0 Å². The van der Waals surface area contributed by atoms with E-state index >= 15 is 0 Å². The predicted molar refractivity (Wildman–Crippen MR) is 199 cm³/mol. The third kappa shape index (κ3) is 4.63. The van der Waals surface area contributed by atoms with Crippen LogP contribution in [0.5, 0.6) is 0 Å². The zero-order chi connectivity index (χ0) is 31.4. The maximum Gasteiger partial charge on any atom is 0.0419 e. The van der Waals surface area contributed by atoms with Gasteiger partial charge >= 0.3 is 0 Å². The Bertz CT molecular complexity index is 2290. The summed E-state index contributed by atoms with van der Waals surface area (Å²) in [4.78, 5) is 0. The molecule has 0 amide bonds. The molecule has 1 aliphatic heterocycles. The molecule has 7 aromatic carbocycles. The van der Waals surface area contributed by atoms with Crippen molar-refractivity contribution in [2.75, 3.05) is 0 Å². The maximum atomic E-state index is 3.59. The van der Waals surface area contributed by atoms with E-state index in [1.54, 1.807) is 0 Å². The van der Waals surface area contributed by atoms with Gasteiger partial charge in [0.25, 0.3) is 0 Å². The van der Waals surface area contributed by atoms with Gasteiger partial charge in [0.2, 0.25) is 0 Å². The lowest BCUT2D eigenvalue weighted by Crippen LogP contribution is -2.24. The number of hydrogen-bond acceptors (Lipinski definition) is 1. The van der Waals surface area contributed by atoms with Crippen LogP contribution < -0.4 is 5.32 Å². The van der Waals surface area contributed by atoms with Crippen molar-refractivity contribution in [1.82, 2.24) is 5.32 Å². The molecule has 1 nitrogen and oxygen atoms in total. The van der Waals surface area contributed by atoms with Gasteiger partial charge < -0.3 is 5.32 Å². The van der Waals surface area contributed by atoms with Crippen LogP contribution in [0, 0.1) is 20.8 Å². The van der Waals surface area contributed by atoms with Gasteiger partial charge in [-0.3, -0.25) is 0 Å². The highest BCUT2D eigenvalue weighted by Crippen LogP contribution is 2.46. The quantitative estimate of drug-likeness (QED) is 0.201. The van der Waals surface area contributed by atoms with Crippen LogP contribution in [0.15, 0.2) is 140 Å². The second kappa shape index (κ2) is 11.2. The molecule has 1 atom stereocenters. The minimum Gasteiger partial charge on any atom is -0.379 e. The molecule has 1 aliphatic rings. The Hall–Kier alpha value is -5.40. The Morgan fingerprint density at radius 3 is 1.50 bits per heavy atom. The molecule has 0 radical (unpaired) electrons. The summed E-state index contributed by atoms with van der Waals surface area (Å²) in [6.45, 7) is 8.84. The number of rotatable bonds is 4. The van der Waals surface area contributed by atoms with E-state index in [0.29, 0.717) is 6.04 Å². The molecule has 222 valence electrons. The third-order valence-electron chi connectivity index (χ3n) is 9.60. The average Bonchev–Trinajstić information content (AvgIpc) is 3.07. The van der Waals surface area contributed by atoms with Crippen LogP contribution in [0.1, 0.15) is 29.2 Å². The lowest BCUT2D eigenvalue weighted by Gasteiger charge is -2.21. The number of dihydropyridines is 1. The molecule has 1 heterocycles. The lowest BCUT2D eigenvalue weighted by molar-refractivity contribution is 0.778. The molecule has 0 aliphatic carbocycles. The third-order valence-corrected chi connectivity index (χ3v) is 9.60. The monoisotopic (exact) mass is 591 g/mol. The molecule has 0 saturated heterocycles. The van der Waals surface area contributed by atoms with E-state index in [-0.39, 0.29) is 0 Å². The minimum absolute atomic E-state index is 0.329. The van der Waals surface area contributed by atoms with Crippen molar-refractivity contribution in [3.05, 3.63) is 162 Å². The largest absolute Gasteiger partial charge is 0.379 e. The fraction of sp³-hybridized carbons (Fsp3) is 0.111. The Kier molecular flexibility index (Phi) is 6.84. The summed E-state index contributed by atoms with van der Waals surface area (Å²) in [5, 5.41) is 11.3. The highest BCUT2D eigenvalue weighted by atomic mass is 14.9. The number of nitrogens with one attached hydrogen (secondary N) is 1. The summed E-state index contributed by atoms with van der Waals surface area (Å²) in [7, 11) is 0. The van der Waals surface area contributed by atoms with Gasteiger partial charge in [0, 0.05) is 11.7 Å². The maximum absolute atomic E-state index is 3.59. The van der Waals surface area contributed by atoms with Crippen molar-refractivity contribution in [3.8, 4) is 33.4 Å². The van der Waals surface area contributed by atoms with Crippen LogP contribution in [-0.4, -0.2) is 6.04 Å². The van der Waals surface area contributed by atoms with Crippen molar-refractivity contribution >= 4 is 38.0 Å². The molecule has 0 saturated carbocycles. The molecule has 46 heavy (non-hydrogen) atoms. The van der Waals surface area contributed by atoms with E-state index in [2.05, 4.69) is 173 Å². The van der Waals surface area contributed by atoms with Crippen molar-refractivity contribution in [1.29, 1.82) is 0 Å². The second-order valence-corrected chi connectivity index (χ2v) is 12.8. The summed E-state index contributed by atoms with van der Waals surface area (Å²) >= 11 is 0. The first kappa shape index (κ1) is 28.1. The standard InChI is InChI=1S/C45H37N/c1-28-26-29(2)43(30(3)27-28)36-19-10-18-35-34(36)17-11-20-37(35)45-40-15-7-5-13-38(40)44(39-14-6-8-16-41(39)45)33-24-22-32(23-25-33)42-21-9-12-31(4)46-42/h5-27,31,46H,1-4H3. The highest BCUT2D eigenvalue weighted by molar-refractivity contribution is 6.24. The Morgan fingerprint density at radius 2 is 0.957 bits per heavy atom. The smallest absolute Gasteiger partial charge is 0.0419 e. The number of allylic oxidation sites excluding steroid dienone is 2. The zero-order valence-electron chi connectivity index (χ0n) is 26.9. The number of hydrogen-bond donors (Lipinski definition) is 1. The molecule has 1 heteroatoms. The van der Waals surface area contributed by atoms with Gasteiger partial charge in [-0.15, -0.1) is 0 Å². The highest BCUT2D eigenvalue weighted by Gasteiger charge is 2.19. The van der Waals surface area contributed by atoms with Gasteiger partial charge in [0.15, 0.2) is 0 Å². The summed E-state index contributed by atoms with van der Waals surface area (Å²) in [6.07, 6.45) is 6.48. The number of benzene rings is 7. The Labute approximate surface area is 271 Å². The van der Waals surface area contributed by atoms with Gasteiger partial charge in [-0.1, -0.05) is 139 Å². The molecular formula is C45H37N. The molecule has 1 N–H and O–H groups in total. The van der Waals surface area contributed by atoms with Crippen LogP contribution in [-0.2, 0) is 0 Å². The molecule has 0 aromatic heterocycles. The van der Waals surface area contributed by atoms with Gasteiger partial charge in [-0.05, 0) is 116 Å². The minimum atomic E-state index is 0.329. The Morgan fingerprint density at radius 1 is 0.478 bits per heavy atom. The van der Waals surface area contributed by atoms with E-state index in [0.717, 1.165) is 5.70 Å². The normalized spacial score (nSPS) is 14.5. The van der Waals surface area contributed by atoms with Crippen molar-refractivity contribution in [2.24, 2.45) is 0 Å². The summed E-state index contributed by atoms with van der Waals surface area (Å²) in [5.41, 5.74) is 14.0. The Balaban J connectivity index is 1.37. The van der Waals surface area contributed by atoms with Crippen molar-refractivity contribution in [2.45, 2.75) is 33.7 Å². The molecule has 8 rings (SSSR count). The number of fused-ring (bicyclic) bond motifs is 3. The van der Waals surface area contributed by atoms with E-state index in [1.165, 1.54) is 88.0 Å². The SMILES string of the molecule is Cc1cc(C)c(-c2cccc3c(-c4c5ccccc5c(-c5ccc(C6=CC=CC(C)N6)cc5)c5ccccc45)cccc23)c(C)c1. The average molecular weight is 592 g/mol. The van der Waals surface area contributed by atoms with Gasteiger partial charge in [0.05, 0.1) is 0 Å². The molecular weight excluding hydrogens is 555 g/mol. The first-order valence-corrected chi connectivity index (χ1v) is 16.3. The lowest BCUT2D eigenvalue weighted by atomic mass is 9.83. The first-order valence-electron chi connectivity index (χ1n) is 16.3. The van der Waals surface area contributed by atoms with Gasteiger partial charge in [-0.25, -0.2) is 0 Å². The predicted octanol–water partition coefficient (Wildman–Crippen LogP) is 12.0. The summed E-state index contributed by atoms with van der Waals surface area (Å²) in [6, 6.07) is 45.5. The molecule has 0 bridgehead atoms. The molecule has 1 unspecified atom stereocenters. The first-order chi connectivity index (χ1) is 22.5. The fourth-order valence-electron chi connectivity index (χ4n) is 7.74. The fourth-order valence-corrected chi connectivity index (χ4v) is 7.74. The van der Waals surface area contributed by atoms with Crippen molar-refractivity contribution in [3.63, 3.8) is 0 Å². The van der Waals surface area contributed by atoms with Crippen molar-refractivity contribution < 1.29 is 0 Å².